The minimum atomic E-state index is 0. The summed E-state index contributed by atoms with van der Waals surface area (Å²) in [6, 6.07) is 0.292. The van der Waals surface area contributed by atoms with Crippen molar-refractivity contribution in [2.24, 2.45) is 17.4 Å². The normalized spacial score (nSPS) is 21.8. The molecule has 1 aliphatic carbocycles. The van der Waals surface area contributed by atoms with Crippen LogP contribution >= 0.6 is 12.4 Å². The predicted octanol–water partition coefficient (Wildman–Crippen LogP) is 0.104. The van der Waals surface area contributed by atoms with Gasteiger partial charge in [0.1, 0.15) is 0 Å². The van der Waals surface area contributed by atoms with E-state index in [1.807, 2.05) is 0 Å². The molecule has 0 radical (unpaired) electrons. The average molecular weight is 137 g/mol. The maximum absolute atomic E-state index is 5.55. The first-order chi connectivity index (χ1) is 3.34. The molecule has 1 atom stereocenters. The highest BCUT2D eigenvalue weighted by atomic mass is 35.5. The van der Waals surface area contributed by atoms with Gasteiger partial charge in [-0.2, -0.15) is 0 Å². The summed E-state index contributed by atoms with van der Waals surface area (Å²) in [5.74, 6) is 0.769. The van der Waals surface area contributed by atoms with Gasteiger partial charge in [0, 0.05) is 12.6 Å². The quantitative estimate of drug-likeness (QED) is 0.566. The standard InChI is InChI=1S/C5H12N2.ClH/c6-3-5(7)4-1-2-4;/h4-5H,1-3,6-7H2;1H. The first-order valence-electron chi connectivity index (χ1n) is 2.80. The molecule has 8 heavy (non-hydrogen) atoms. The van der Waals surface area contributed by atoms with E-state index in [4.69, 9.17) is 11.5 Å². The third-order valence-electron chi connectivity index (χ3n) is 1.50. The van der Waals surface area contributed by atoms with Gasteiger partial charge in [-0.1, -0.05) is 0 Å². The van der Waals surface area contributed by atoms with Crippen LogP contribution in [0.1, 0.15) is 12.8 Å². The molecule has 1 aliphatic rings. The second-order valence-electron chi connectivity index (χ2n) is 2.24. The summed E-state index contributed by atoms with van der Waals surface area (Å²) < 4.78 is 0. The molecule has 0 bridgehead atoms. The van der Waals surface area contributed by atoms with Gasteiger partial charge in [-0.15, -0.1) is 12.4 Å². The summed E-state index contributed by atoms with van der Waals surface area (Å²) in [6.45, 7) is 0.657. The van der Waals surface area contributed by atoms with Crippen molar-refractivity contribution >= 4 is 12.4 Å². The Morgan fingerprint density at radius 2 is 2.00 bits per heavy atom. The summed E-state index contributed by atoms with van der Waals surface area (Å²) in [7, 11) is 0. The molecular weight excluding hydrogens is 124 g/mol. The summed E-state index contributed by atoms with van der Waals surface area (Å²) >= 11 is 0. The average Bonchev–Trinajstić information content (AvgIpc) is 2.44. The Labute approximate surface area is 56.0 Å². The summed E-state index contributed by atoms with van der Waals surface area (Å²) in [5.41, 5.74) is 10.8. The highest BCUT2D eigenvalue weighted by Crippen LogP contribution is 2.30. The van der Waals surface area contributed by atoms with Crippen molar-refractivity contribution in [1.29, 1.82) is 0 Å². The highest BCUT2D eigenvalue weighted by molar-refractivity contribution is 5.85. The fraction of sp³-hybridized carbons (Fsp3) is 1.00. The van der Waals surface area contributed by atoms with E-state index < -0.39 is 0 Å². The van der Waals surface area contributed by atoms with E-state index >= 15 is 0 Å². The SMILES string of the molecule is Cl.NCC(N)C1CC1. The fourth-order valence-electron chi connectivity index (χ4n) is 0.717. The van der Waals surface area contributed by atoms with Gasteiger partial charge in [-0.25, -0.2) is 0 Å². The molecule has 0 aromatic heterocycles. The maximum atomic E-state index is 5.55. The smallest absolute Gasteiger partial charge is 0.0191 e. The van der Waals surface area contributed by atoms with Gasteiger partial charge in [0.2, 0.25) is 0 Å². The van der Waals surface area contributed by atoms with Gasteiger partial charge in [-0.3, -0.25) is 0 Å². The molecule has 3 heteroatoms. The second kappa shape index (κ2) is 3.28. The lowest BCUT2D eigenvalue weighted by molar-refractivity contribution is 0.605. The molecule has 0 spiro atoms. The van der Waals surface area contributed by atoms with E-state index in [1.54, 1.807) is 0 Å². The van der Waals surface area contributed by atoms with Crippen LogP contribution in [0, 0.1) is 5.92 Å². The van der Waals surface area contributed by atoms with Crippen LogP contribution in [0.5, 0.6) is 0 Å². The van der Waals surface area contributed by atoms with Crippen molar-refractivity contribution in [3.63, 3.8) is 0 Å². The van der Waals surface area contributed by atoms with E-state index in [-0.39, 0.29) is 12.4 Å². The molecular formula is C5H13ClN2. The van der Waals surface area contributed by atoms with Crippen molar-refractivity contribution in [2.75, 3.05) is 6.54 Å². The minimum Gasteiger partial charge on any atom is -0.329 e. The maximum Gasteiger partial charge on any atom is 0.0191 e. The monoisotopic (exact) mass is 136 g/mol. The molecule has 50 valence electrons. The number of rotatable bonds is 2. The Morgan fingerprint density at radius 3 is 2.12 bits per heavy atom. The molecule has 0 amide bonds. The van der Waals surface area contributed by atoms with Crippen molar-refractivity contribution in [3.05, 3.63) is 0 Å². The van der Waals surface area contributed by atoms with Crippen molar-refractivity contribution in [2.45, 2.75) is 18.9 Å². The van der Waals surface area contributed by atoms with E-state index in [9.17, 15) is 0 Å². The first-order valence-corrected chi connectivity index (χ1v) is 2.80. The van der Waals surface area contributed by atoms with Gasteiger partial charge in [0.05, 0.1) is 0 Å². The van der Waals surface area contributed by atoms with Crippen molar-refractivity contribution in [3.8, 4) is 0 Å². The van der Waals surface area contributed by atoms with E-state index in [1.165, 1.54) is 12.8 Å². The third kappa shape index (κ3) is 1.99. The van der Waals surface area contributed by atoms with Crippen molar-refractivity contribution in [1.82, 2.24) is 0 Å². The number of hydrogen-bond acceptors (Lipinski definition) is 2. The predicted molar refractivity (Wildman–Crippen MR) is 37.0 cm³/mol. The zero-order chi connectivity index (χ0) is 5.28. The summed E-state index contributed by atoms with van der Waals surface area (Å²) in [4.78, 5) is 0. The Hall–Kier alpha value is 0.210. The van der Waals surface area contributed by atoms with Gasteiger partial charge >= 0.3 is 0 Å². The molecule has 1 fully saturated rings. The zero-order valence-corrected chi connectivity index (χ0v) is 5.66. The van der Waals surface area contributed by atoms with Crippen LogP contribution in [0.3, 0.4) is 0 Å². The Morgan fingerprint density at radius 1 is 1.50 bits per heavy atom. The van der Waals surface area contributed by atoms with E-state index in [0.29, 0.717) is 12.6 Å². The topological polar surface area (TPSA) is 52.0 Å². The molecule has 1 unspecified atom stereocenters. The van der Waals surface area contributed by atoms with Gasteiger partial charge in [-0.05, 0) is 18.8 Å². The zero-order valence-electron chi connectivity index (χ0n) is 4.84. The third-order valence-corrected chi connectivity index (χ3v) is 1.50. The van der Waals surface area contributed by atoms with Gasteiger partial charge < -0.3 is 11.5 Å². The summed E-state index contributed by atoms with van der Waals surface area (Å²) in [6.07, 6.45) is 2.61. The Bertz CT molecular complexity index is 63.4. The number of nitrogens with two attached hydrogens (primary N) is 2. The highest BCUT2D eigenvalue weighted by Gasteiger charge is 2.26. The van der Waals surface area contributed by atoms with Crippen LogP contribution in [0.15, 0.2) is 0 Å². The molecule has 2 nitrogen and oxygen atoms in total. The van der Waals surface area contributed by atoms with Gasteiger partial charge in [0.15, 0.2) is 0 Å². The Kier molecular flexibility index (Phi) is 3.36. The first kappa shape index (κ1) is 8.21. The molecule has 0 aromatic carbocycles. The minimum absolute atomic E-state index is 0. The van der Waals surface area contributed by atoms with E-state index in [0.717, 1.165) is 5.92 Å². The van der Waals surface area contributed by atoms with Crippen LogP contribution in [0.4, 0.5) is 0 Å². The van der Waals surface area contributed by atoms with Crippen LogP contribution in [0.2, 0.25) is 0 Å². The Balaban J connectivity index is 0.000000490. The largest absolute Gasteiger partial charge is 0.329 e. The fourth-order valence-corrected chi connectivity index (χ4v) is 0.717. The molecule has 4 N–H and O–H groups in total. The molecule has 0 aromatic rings. The van der Waals surface area contributed by atoms with Crippen LogP contribution in [-0.4, -0.2) is 12.6 Å². The molecule has 0 heterocycles. The molecule has 0 aliphatic heterocycles. The molecule has 1 rings (SSSR count). The summed E-state index contributed by atoms with van der Waals surface area (Å²) in [5, 5.41) is 0. The second-order valence-corrected chi connectivity index (χ2v) is 2.24. The van der Waals surface area contributed by atoms with Crippen molar-refractivity contribution < 1.29 is 0 Å². The van der Waals surface area contributed by atoms with Gasteiger partial charge in [0.25, 0.3) is 0 Å². The number of hydrogen-bond donors (Lipinski definition) is 2. The van der Waals surface area contributed by atoms with Crippen LogP contribution in [-0.2, 0) is 0 Å². The van der Waals surface area contributed by atoms with Crippen LogP contribution < -0.4 is 11.5 Å². The lowest BCUT2D eigenvalue weighted by Crippen LogP contribution is -2.31. The lowest BCUT2D eigenvalue weighted by atomic mass is 10.2. The lowest BCUT2D eigenvalue weighted by Gasteiger charge is -2.02. The number of halogens is 1. The van der Waals surface area contributed by atoms with Crippen LogP contribution in [0.25, 0.3) is 0 Å². The van der Waals surface area contributed by atoms with E-state index in [2.05, 4.69) is 0 Å². The molecule has 1 saturated carbocycles. The molecule has 0 saturated heterocycles.